The van der Waals surface area contributed by atoms with Crippen molar-refractivity contribution in [2.45, 2.75) is 13.3 Å². The SMILES string of the molecule is Cc1ccc(C(=O)NNC(=O)Cc2c[nH]c3ccccc23)c(O)c1. The molecule has 6 heteroatoms. The predicted molar refractivity (Wildman–Crippen MR) is 90.5 cm³/mol. The third kappa shape index (κ3) is 3.22. The van der Waals surface area contributed by atoms with Gasteiger partial charge in [0.15, 0.2) is 0 Å². The van der Waals surface area contributed by atoms with E-state index in [1.807, 2.05) is 31.2 Å². The van der Waals surface area contributed by atoms with Gasteiger partial charge in [-0.15, -0.1) is 0 Å². The number of aromatic amines is 1. The van der Waals surface area contributed by atoms with Gasteiger partial charge >= 0.3 is 0 Å². The van der Waals surface area contributed by atoms with E-state index in [1.54, 1.807) is 12.3 Å². The zero-order chi connectivity index (χ0) is 17.1. The highest BCUT2D eigenvalue weighted by molar-refractivity contribution is 5.98. The number of aromatic nitrogens is 1. The van der Waals surface area contributed by atoms with Crippen LogP contribution in [-0.2, 0) is 11.2 Å². The van der Waals surface area contributed by atoms with E-state index in [0.717, 1.165) is 22.0 Å². The molecule has 2 aromatic carbocycles. The molecule has 0 fully saturated rings. The third-order valence-corrected chi connectivity index (χ3v) is 3.74. The molecule has 3 rings (SSSR count). The van der Waals surface area contributed by atoms with Crippen molar-refractivity contribution in [3.63, 3.8) is 0 Å². The van der Waals surface area contributed by atoms with Gasteiger partial charge in [0.2, 0.25) is 5.91 Å². The van der Waals surface area contributed by atoms with Crippen LogP contribution >= 0.6 is 0 Å². The van der Waals surface area contributed by atoms with Crippen molar-refractivity contribution in [1.29, 1.82) is 0 Å². The average Bonchev–Trinajstić information content (AvgIpc) is 2.96. The monoisotopic (exact) mass is 323 g/mol. The number of hydrogen-bond acceptors (Lipinski definition) is 3. The number of hydrogen-bond donors (Lipinski definition) is 4. The van der Waals surface area contributed by atoms with Gasteiger partial charge in [-0.2, -0.15) is 0 Å². The van der Waals surface area contributed by atoms with E-state index in [1.165, 1.54) is 12.1 Å². The number of rotatable bonds is 3. The fourth-order valence-corrected chi connectivity index (χ4v) is 2.52. The van der Waals surface area contributed by atoms with Crippen molar-refractivity contribution in [2.75, 3.05) is 0 Å². The molecule has 2 amide bonds. The summed E-state index contributed by atoms with van der Waals surface area (Å²) in [4.78, 5) is 27.1. The highest BCUT2D eigenvalue weighted by atomic mass is 16.3. The second-order valence-corrected chi connectivity index (χ2v) is 5.56. The first-order chi connectivity index (χ1) is 11.5. The van der Waals surface area contributed by atoms with E-state index in [2.05, 4.69) is 15.8 Å². The summed E-state index contributed by atoms with van der Waals surface area (Å²) in [6.45, 7) is 1.81. The molecule has 1 heterocycles. The molecule has 0 aliphatic carbocycles. The van der Waals surface area contributed by atoms with Crippen LogP contribution in [0, 0.1) is 6.92 Å². The summed E-state index contributed by atoms with van der Waals surface area (Å²) < 4.78 is 0. The van der Waals surface area contributed by atoms with E-state index < -0.39 is 5.91 Å². The van der Waals surface area contributed by atoms with Gasteiger partial charge in [-0.3, -0.25) is 20.4 Å². The molecule has 0 spiro atoms. The Kier molecular flexibility index (Phi) is 4.20. The van der Waals surface area contributed by atoms with Crippen molar-refractivity contribution in [3.8, 4) is 5.75 Å². The lowest BCUT2D eigenvalue weighted by atomic mass is 10.1. The van der Waals surface area contributed by atoms with E-state index in [9.17, 15) is 14.7 Å². The van der Waals surface area contributed by atoms with Gasteiger partial charge < -0.3 is 10.1 Å². The molecule has 1 aromatic heterocycles. The maximum atomic E-state index is 12.0. The number of H-pyrrole nitrogens is 1. The number of benzene rings is 2. The van der Waals surface area contributed by atoms with Crippen LogP contribution in [0.5, 0.6) is 5.75 Å². The van der Waals surface area contributed by atoms with Gasteiger partial charge in [0, 0.05) is 17.1 Å². The van der Waals surface area contributed by atoms with Crippen molar-refractivity contribution in [1.82, 2.24) is 15.8 Å². The number of hydrazine groups is 1. The topological polar surface area (TPSA) is 94.2 Å². The van der Waals surface area contributed by atoms with E-state index in [-0.39, 0.29) is 23.6 Å². The smallest absolute Gasteiger partial charge is 0.273 e. The maximum Gasteiger partial charge on any atom is 0.273 e. The van der Waals surface area contributed by atoms with E-state index >= 15 is 0 Å². The highest BCUT2D eigenvalue weighted by Gasteiger charge is 2.13. The molecule has 0 radical (unpaired) electrons. The van der Waals surface area contributed by atoms with Gasteiger partial charge in [-0.25, -0.2) is 0 Å². The summed E-state index contributed by atoms with van der Waals surface area (Å²) in [7, 11) is 0. The Hall–Kier alpha value is -3.28. The van der Waals surface area contributed by atoms with Gasteiger partial charge in [-0.1, -0.05) is 24.3 Å². The number of carbonyl (C=O) groups excluding carboxylic acids is 2. The van der Waals surface area contributed by atoms with Crippen molar-refractivity contribution in [3.05, 3.63) is 65.4 Å². The van der Waals surface area contributed by atoms with Crippen LogP contribution in [0.15, 0.2) is 48.7 Å². The van der Waals surface area contributed by atoms with E-state index in [0.29, 0.717) is 0 Å². The molecule has 122 valence electrons. The van der Waals surface area contributed by atoms with Crippen LogP contribution in [0.25, 0.3) is 10.9 Å². The van der Waals surface area contributed by atoms with E-state index in [4.69, 9.17) is 0 Å². The second kappa shape index (κ2) is 6.45. The Balaban J connectivity index is 1.62. The van der Waals surface area contributed by atoms with Crippen molar-refractivity contribution < 1.29 is 14.7 Å². The molecule has 24 heavy (non-hydrogen) atoms. The molecule has 0 aliphatic rings. The lowest BCUT2D eigenvalue weighted by Gasteiger charge is -2.08. The first-order valence-corrected chi connectivity index (χ1v) is 7.48. The fraction of sp³-hybridized carbons (Fsp3) is 0.111. The molecule has 4 N–H and O–H groups in total. The minimum absolute atomic E-state index is 0.105. The van der Waals surface area contributed by atoms with Crippen molar-refractivity contribution >= 4 is 22.7 Å². The number of aryl methyl sites for hydroxylation is 1. The molecule has 0 bridgehead atoms. The number of phenols is 1. The van der Waals surface area contributed by atoms with Gasteiger partial charge in [0.1, 0.15) is 5.75 Å². The number of aromatic hydroxyl groups is 1. The van der Waals surface area contributed by atoms with Gasteiger partial charge in [-0.05, 0) is 36.2 Å². The van der Waals surface area contributed by atoms with Crippen LogP contribution in [0.1, 0.15) is 21.5 Å². The van der Waals surface area contributed by atoms with Crippen LogP contribution in [0.2, 0.25) is 0 Å². The summed E-state index contributed by atoms with van der Waals surface area (Å²) >= 11 is 0. The fourth-order valence-electron chi connectivity index (χ4n) is 2.52. The Morgan fingerprint density at radius 1 is 1.12 bits per heavy atom. The number of amides is 2. The number of fused-ring (bicyclic) bond motifs is 1. The largest absolute Gasteiger partial charge is 0.507 e. The van der Waals surface area contributed by atoms with Gasteiger partial charge in [0.25, 0.3) is 5.91 Å². The summed E-state index contributed by atoms with van der Waals surface area (Å²) in [6.07, 6.45) is 1.90. The molecular weight excluding hydrogens is 306 g/mol. The third-order valence-electron chi connectivity index (χ3n) is 3.74. The molecule has 0 saturated carbocycles. The molecule has 3 aromatic rings. The average molecular weight is 323 g/mol. The zero-order valence-electron chi connectivity index (χ0n) is 13.1. The zero-order valence-corrected chi connectivity index (χ0v) is 13.1. The highest BCUT2D eigenvalue weighted by Crippen LogP contribution is 2.19. The molecule has 0 saturated heterocycles. The Morgan fingerprint density at radius 2 is 1.92 bits per heavy atom. The van der Waals surface area contributed by atoms with Crippen LogP contribution in [-0.4, -0.2) is 21.9 Å². The van der Waals surface area contributed by atoms with Crippen LogP contribution in [0.4, 0.5) is 0 Å². The molecule has 0 aliphatic heterocycles. The number of carbonyl (C=O) groups is 2. The summed E-state index contributed by atoms with van der Waals surface area (Å²) in [6, 6.07) is 12.4. The minimum Gasteiger partial charge on any atom is -0.507 e. The molecule has 0 atom stereocenters. The normalized spacial score (nSPS) is 10.5. The van der Waals surface area contributed by atoms with Gasteiger partial charge in [0.05, 0.1) is 12.0 Å². The Bertz CT molecular complexity index is 915. The first-order valence-electron chi connectivity index (χ1n) is 7.48. The minimum atomic E-state index is -0.570. The molecule has 6 nitrogen and oxygen atoms in total. The summed E-state index contributed by atoms with van der Waals surface area (Å²) in [5.74, 6) is -1.04. The van der Waals surface area contributed by atoms with Crippen LogP contribution < -0.4 is 10.9 Å². The Morgan fingerprint density at radius 3 is 2.71 bits per heavy atom. The predicted octanol–water partition coefficient (Wildman–Crippen LogP) is 2.19. The van der Waals surface area contributed by atoms with Crippen LogP contribution in [0.3, 0.4) is 0 Å². The number of phenolic OH excluding ortho intramolecular Hbond substituents is 1. The lowest BCUT2D eigenvalue weighted by molar-refractivity contribution is -0.121. The molecular formula is C18H17N3O3. The summed E-state index contributed by atoms with van der Waals surface area (Å²) in [5, 5.41) is 10.7. The molecule has 0 unspecified atom stereocenters. The standard InChI is InChI=1S/C18H17N3O3/c1-11-6-7-14(16(22)8-11)18(24)21-20-17(23)9-12-10-19-15-5-3-2-4-13(12)15/h2-8,10,19,22H,9H2,1H3,(H,20,23)(H,21,24). The number of para-hydroxylation sites is 1. The number of nitrogens with one attached hydrogen (secondary N) is 3. The summed E-state index contributed by atoms with van der Waals surface area (Å²) in [5.41, 5.74) is 7.41. The second-order valence-electron chi connectivity index (χ2n) is 5.56. The Labute approximate surface area is 138 Å². The quantitative estimate of drug-likeness (QED) is 0.557. The lowest BCUT2D eigenvalue weighted by Crippen LogP contribution is -2.42. The van der Waals surface area contributed by atoms with Crippen molar-refractivity contribution in [2.24, 2.45) is 0 Å². The first kappa shape index (κ1) is 15.6. The maximum absolute atomic E-state index is 12.0.